The van der Waals surface area contributed by atoms with Gasteiger partial charge in [-0.1, -0.05) is 48.5 Å². The van der Waals surface area contributed by atoms with Crippen LogP contribution < -0.4 is 14.8 Å². The lowest BCUT2D eigenvalue weighted by molar-refractivity contribution is -0.123. The maximum atomic E-state index is 13.2. The van der Waals surface area contributed by atoms with Crippen molar-refractivity contribution in [2.45, 2.75) is 20.4 Å². The van der Waals surface area contributed by atoms with E-state index in [-0.39, 0.29) is 30.2 Å². The lowest BCUT2D eigenvalue weighted by Gasteiger charge is -2.15. The van der Waals surface area contributed by atoms with Gasteiger partial charge in [0.1, 0.15) is 0 Å². The number of halogens is 1. The number of nitrogens with zero attached hydrogens (tertiary/aromatic N) is 1. The second-order valence-electron chi connectivity index (χ2n) is 9.42. The van der Waals surface area contributed by atoms with Crippen molar-refractivity contribution >= 4 is 67.3 Å². The first-order valence-corrected chi connectivity index (χ1v) is 14.6. The van der Waals surface area contributed by atoms with Gasteiger partial charge in [-0.3, -0.25) is 19.3 Å². The Kier molecular flexibility index (Phi) is 8.75. The molecule has 0 saturated carbocycles. The summed E-state index contributed by atoms with van der Waals surface area (Å²) in [7, 11) is 0. The SMILES string of the molecule is CCOc1cc(/C=C2\SC(=O)N(Cc3ccc4ccccc4c3)C2=O)cc(Br)c1OCC(=O)Nc1cccc(C)c1. The summed E-state index contributed by atoms with van der Waals surface area (Å²) in [6.45, 7) is 4.12. The number of hydrogen-bond acceptors (Lipinski definition) is 6. The zero-order chi connectivity index (χ0) is 28.9. The minimum atomic E-state index is -0.351. The molecule has 208 valence electrons. The van der Waals surface area contributed by atoms with Crippen LogP contribution in [0.5, 0.6) is 11.5 Å². The summed E-state index contributed by atoms with van der Waals surface area (Å²) in [6.07, 6.45) is 1.66. The highest BCUT2D eigenvalue weighted by Crippen LogP contribution is 2.39. The number of ether oxygens (including phenoxy) is 2. The number of benzene rings is 4. The summed E-state index contributed by atoms with van der Waals surface area (Å²) < 4.78 is 12.2. The van der Waals surface area contributed by atoms with Gasteiger partial charge in [-0.05, 0) is 105 Å². The highest BCUT2D eigenvalue weighted by atomic mass is 79.9. The number of aryl methyl sites for hydroxylation is 1. The fourth-order valence-electron chi connectivity index (χ4n) is 4.44. The van der Waals surface area contributed by atoms with E-state index in [9.17, 15) is 14.4 Å². The molecule has 0 bridgehead atoms. The van der Waals surface area contributed by atoms with Gasteiger partial charge in [0.2, 0.25) is 0 Å². The van der Waals surface area contributed by atoms with Gasteiger partial charge in [0.25, 0.3) is 17.1 Å². The molecule has 7 nitrogen and oxygen atoms in total. The molecule has 0 unspecified atom stereocenters. The van der Waals surface area contributed by atoms with E-state index < -0.39 is 0 Å². The van der Waals surface area contributed by atoms with Gasteiger partial charge in [0.05, 0.1) is 22.5 Å². The molecule has 0 radical (unpaired) electrons. The van der Waals surface area contributed by atoms with Gasteiger partial charge < -0.3 is 14.8 Å². The van der Waals surface area contributed by atoms with Crippen molar-refractivity contribution in [3.05, 3.63) is 105 Å². The molecule has 4 aromatic carbocycles. The van der Waals surface area contributed by atoms with Crippen LogP contribution >= 0.6 is 27.7 Å². The first-order chi connectivity index (χ1) is 19.8. The lowest BCUT2D eigenvalue weighted by Crippen LogP contribution is -2.27. The molecular formula is C32H27BrN2O5S. The number of rotatable bonds is 9. The van der Waals surface area contributed by atoms with Crippen molar-refractivity contribution in [2.75, 3.05) is 18.5 Å². The van der Waals surface area contributed by atoms with Crippen LogP contribution in [0.25, 0.3) is 16.8 Å². The molecule has 4 aromatic rings. The summed E-state index contributed by atoms with van der Waals surface area (Å²) >= 11 is 4.41. The number of imide groups is 1. The maximum Gasteiger partial charge on any atom is 0.293 e. The van der Waals surface area contributed by atoms with Gasteiger partial charge >= 0.3 is 0 Å². The van der Waals surface area contributed by atoms with Crippen LogP contribution in [-0.2, 0) is 16.1 Å². The molecule has 3 amide bonds. The number of anilines is 1. The van der Waals surface area contributed by atoms with Gasteiger partial charge in [-0.2, -0.15) is 0 Å². The highest BCUT2D eigenvalue weighted by molar-refractivity contribution is 9.10. The molecule has 41 heavy (non-hydrogen) atoms. The zero-order valence-electron chi connectivity index (χ0n) is 22.5. The average Bonchev–Trinajstić information content (AvgIpc) is 3.20. The van der Waals surface area contributed by atoms with Crippen molar-refractivity contribution in [3.63, 3.8) is 0 Å². The largest absolute Gasteiger partial charge is 0.490 e. The Labute approximate surface area is 250 Å². The molecule has 1 fully saturated rings. The van der Waals surface area contributed by atoms with Gasteiger partial charge in [-0.15, -0.1) is 0 Å². The second-order valence-corrected chi connectivity index (χ2v) is 11.3. The van der Waals surface area contributed by atoms with E-state index >= 15 is 0 Å². The fraction of sp³-hybridized carbons (Fsp3) is 0.156. The number of fused-ring (bicyclic) bond motifs is 1. The summed E-state index contributed by atoms with van der Waals surface area (Å²) in [4.78, 5) is 40.0. The van der Waals surface area contributed by atoms with E-state index in [1.165, 1.54) is 4.90 Å². The first-order valence-electron chi connectivity index (χ1n) is 13.0. The first kappa shape index (κ1) is 28.4. The normalized spacial score (nSPS) is 14.1. The van der Waals surface area contributed by atoms with E-state index in [1.807, 2.05) is 80.6 Å². The molecule has 0 aliphatic carbocycles. The highest BCUT2D eigenvalue weighted by Gasteiger charge is 2.35. The van der Waals surface area contributed by atoms with Gasteiger partial charge in [-0.25, -0.2) is 0 Å². The second kappa shape index (κ2) is 12.6. The predicted octanol–water partition coefficient (Wildman–Crippen LogP) is 7.56. The van der Waals surface area contributed by atoms with Crippen molar-refractivity contribution in [1.82, 2.24) is 4.90 Å². The topological polar surface area (TPSA) is 84.9 Å². The third-order valence-corrected chi connectivity index (χ3v) is 7.80. The van der Waals surface area contributed by atoms with Crippen LogP contribution in [0.3, 0.4) is 0 Å². The fourth-order valence-corrected chi connectivity index (χ4v) is 5.85. The molecule has 9 heteroatoms. The Morgan fingerprint density at radius 1 is 0.976 bits per heavy atom. The number of carbonyl (C=O) groups is 3. The summed E-state index contributed by atoms with van der Waals surface area (Å²) in [5.41, 5.74) is 3.24. The molecule has 1 saturated heterocycles. The molecule has 1 aliphatic rings. The standard InChI is InChI=1S/C32H27BrN2O5S/c1-3-39-27-16-22(15-26(33)30(27)40-19-29(36)34-25-10-6-7-20(2)13-25)17-28-31(37)35(32(38)41-28)18-21-11-12-23-8-4-5-9-24(23)14-21/h4-17H,3,18-19H2,1-2H3,(H,34,36)/b28-17-. The van der Waals surface area contributed by atoms with Crippen molar-refractivity contribution in [2.24, 2.45) is 0 Å². The van der Waals surface area contributed by atoms with Crippen molar-refractivity contribution < 1.29 is 23.9 Å². The van der Waals surface area contributed by atoms with Gasteiger partial charge in [0.15, 0.2) is 18.1 Å². The van der Waals surface area contributed by atoms with Crippen LogP contribution in [0.1, 0.15) is 23.6 Å². The Hall–Kier alpha value is -4.08. The molecule has 0 aromatic heterocycles. The number of hydrogen-bond donors (Lipinski definition) is 1. The number of amides is 3. The molecule has 1 heterocycles. The number of carbonyl (C=O) groups excluding carboxylic acids is 3. The minimum Gasteiger partial charge on any atom is -0.490 e. The Morgan fingerprint density at radius 2 is 1.78 bits per heavy atom. The van der Waals surface area contributed by atoms with E-state index in [0.29, 0.717) is 38.7 Å². The third-order valence-electron chi connectivity index (χ3n) is 6.31. The summed E-state index contributed by atoms with van der Waals surface area (Å²) in [6, 6.07) is 24.8. The van der Waals surface area contributed by atoms with Crippen molar-refractivity contribution in [1.29, 1.82) is 0 Å². The maximum absolute atomic E-state index is 13.2. The smallest absolute Gasteiger partial charge is 0.293 e. The van der Waals surface area contributed by atoms with E-state index in [0.717, 1.165) is 33.7 Å². The monoisotopic (exact) mass is 630 g/mol. The van der Waals surface area contributed by atoms with Crippen LogP contribution in [-0.4, -0.2) is 35.2 Å². The average molecular weight is 632 g/mol. The van der Waals surface area contributed by atoms with Gasteiger partial charge in [0, 0.05) is 5.69 Å². The van der Waals surface area contributed by atoms with Crippen LogP contribution in [0.4, 0.5) is 10.5 Å². The molecular weight excluding hydrogens is 604 g/mol. The lowest BCUT2D eigenvalue weighted by atomic mass is 10.1. The predicted molar refractivity (Wildman–Crippen MR) is 166 cm³/mol. The Bertz CT molecular complexity index is 1690. The molecule has 1 aliphatic heterocycles. The van der Waals surface area contributed by atoms with E-state index in [1.54, 1.807) is 18.2 Å². The summed E-state index contributed by atoms with van der Waals surface area (Å²) in [5, 5.41) is 4.64. The number of thioether (sulfide) groups is 1. The van der Waals surface area contributed by atoms with Crippen LogP contribution in [0.15, 0.2) is 88.2 Å². The molecule has 1 N–H and O–H groups in total. The Balaban J connectivity index is 1.30. The number of nitrogens with one attached hydrogen (secondary N) is 1. The van der Waals surface area contributed by atoms with E-state index in [4.69, 9.17) is 9.47 Å². The molecule has 5 rings (SSSR count). The molecule has 0 spiro atoms. The van der Waals surface area contributed by atoms with Crippen LogP contribution in [0, 0.1) is 6.92 Å². The quantitative estimate of drug-likeness (QED) is 0.192. The van der Waals surface area contributed by atoms with E-state index in [2.05, 4.69) is 21.2 Å². The molecule has 0 atom stereocenters. The Morgan fingerprint density at radius 3 is 2.56 bits per heavy atom. The summed E-state index contributed by atoms with van der Waals surface area (Å²) in [5.74, 6) is 0.115. The minimum absolute atomic E-state index is 0.193. The van der Waals surface area contributed by atoms with Crippen molar-refractivity contribution in [3.8, 4) is 11.5 Å². The zero-order valence-corrected chi connectivity index (χ0v) is 24.9. The van der Waals surface area contributed by atoms with Crippen LogP contribution in [0.2, 0.25) is 0 Å². The third kappa shape index (κ3) is 6.81.